The van der Waals surface area contributed by atoms with Gasteiger partial charge < -0.3 is 0 Å². The summed E-state index contributed by atoms with van der Waals surface area (Å²) >= 11 is 5.91. The summed E-state index contributed by atoms with van der Waals surface area (Å²) in [5.74, 6) is -1.06. The van der Waals surface area contributed by atoms with E-state index in [0.29, 0.717) is 16.1 Å². The lowest BCUT2D eigenvalue weighted by Gasteiger charge is -2.03. The van der Waals surface area contributed by atoms with Gasteiger partial charge in [-0.1, -0.05) is 54.1 Å². The molecule has 0 aliphatic heterocycles. The first-order valence-electron chi connectivity index (χ1n) is 6.45. The lowest BCUT2D eigenvalue weighted by molar-refractivity contribution is -0.117. The van der Waals surface area contributed by atoms with Crippen LogP contribution in [0.5, 0.6) is 0 Å². The van der Waals surface area contributed by atoms with Crippen molar-refractivity contribution in [3.8, 4) is 0 Å². The van der Waals surface area contributed by atoms with Crippen LogP contribution in [0.4, 0.5) is 0 Å². The molecule has 0 aromatic heterocycles. The average Bonchev–Trinajstić information content (AvgIpc) is 2.48. The molecule has 0 saturated heterocycles. The summed E-state index contributed by atoms with van der Waals surface area (Å²) < 4.78 is 0. The summed E-state index contributed by atoms with van der Waals surface area (Å²) in [6.45, 7) is 0. The minimum Gasteiger partial charge on any atom is -0.299 e. The Balaban J connectivity index is 1.98. The SMILES string of the molecule is O=C(CC(=O)c1ccccc1)CC(=O)c1ccccc1Cl. The highest BCUT2D eigenvalue weighted by Gasteiger charge is 2.17. The maximum absolute atomic E-state index is 12.0. The van der Waals surface area contributed by atoms with Gasteiger partial charge in [0.2, 0.25) is 0 Å². The highest BCUT2D eigenvalue weighted by molar-refractivity contribution is 6.34. The Bertz CT molecular complexity index is 677. The maximum Gasteiger partial charge on any atom is 0.171 e. The monoisotopic (exact) mass is 300 g/mol. The van der Waals surface area contributed by atoms with E-state index >= 15 is 0 Å². The van der Waals surface area contributed by atoms with E-state index in [0.717, 1.165) is 0 Å². The summed E-state index contributed by atoms with van der Waals surface area (Å²) in [6.07, 6.45) is -0.595. The van der Waals surface area contributed by atoms with E-state index in [9.17, 15) is 14.4 Å². The molecular weight excluding hydrogens is 288 g/mol. The van der Waals surface area contributed by atoms with E-state index in [1.807, 2.05) is 0 Å². The van der Waals surface area contributed by atoms with Crippen LogP contribution in [0, 0.1) is 0 Å². The molecule has 0 N–H and O–H groups in total. The van der Waals surface area contributed by atoms with Crippen LogP contribution in [0.1, 0.15) is 33.6 Å². The van der Waals surface area contributed by atoms with Crippen LogP contribution in [0.15, 0.2) is 54.6 Å². The molecule has 2 rings (SSSR count). The number of benzene rings is 2. The highest BCUT2D eigenvalue weighted by atomic mass is 35.5. The first-order valence-corrected chi connectivity index (χ1v) is 6.83. The van der Waals surface area contributed by atoms with Crippen molar-refractivity contribution < 1.29 is 14.4 Å². The van der Waals surface area contributed by atoms with E-state index < -0.39 is 5.78 Å². The number of Topliss-reactive ketones (excluding diaryl/α,β-unsaturated/α-hetero) is 3. The van der Waals surface area contributed by atoms with Crippen LogP contribution in [0.3, 0.4) is 0 Å². The molecule has 0 spiro atoms. The Kier molecular flexibility index (Phi) is 5.01. The largest absolute Gasteiger partial charge is 0.299 e. The molecule has 21 heavy (non-hydrogen) atoms. The van der Waals surface area contributed by atoms with Gasteiger partial charge in [0.15, 0.2) is 11.6 Å². The number of carbonyl (C=O) groups excluding carboxylic acids is 3. The Hall–Kier alpha value is -2.26. The van der Waals surface area contributed by atoms with Crippen molar-refractivity contribution >= 4 is 29.0 Å². The average molecular weight is 301 g/mol. The second kappa shape index (κ2) is 6.95. The quantitative estimate of drug-likeness (QED) is 0.603. The van der Waals surface area contributed by atoms with Gasteiger partial charge in [0, 0.05) is 11.1 Å². The molecule has 4 heteroatoms. The topological polar surface area (TPSA) is 51.2 Å². The van der Waals surface area contributed by atoms with Crippen molar-refractivity contribution in [3.05, 3.63) is 70.7 Å². The van der Waals surface area contributed by atoms with Gasteiger partial charge in [0.1, 0.15) is 5.78 Å². The predicted octanol–water partition coefficient (Wildman–Crippen LogP) is 3.75. The van der Waals surface area contributed by atoms with Gasteiger partial charge in [0.25, 0.3) is 0 Å². The smallest absolute Gasteiger partial charge is 0.171 e. The zero-order chi connectivity index (χ0) is 15.2. The fourth-order valence-electron chi connectivity index (χ4n) is 1.93. The third-order valence-electron chi connectivity index (χ3n) is 2.99. The molecule has 0 fully saturated rings. The van der Waals surface area contributed by atoms with Gasteiger partial charge >= 0.3 is 0 Å². The van der Waals surface area contributed by atoms with Gasteiger partial charge in [-0.2, -0.15) is 0 Å². The van der Waals surface area contributed by atoms with Crippen LogP contribution >= 0.6 is 11.6 Å². The fourth-order valence-corrected chi connectivity index (χ4v) is 2.17. The van der Waals surface area contributed by atoms with Crippen LogP contribution in [-0.4, -0.2) is 17.3 Å². The van der Waals surface area contributed by atoms with E-state index in [4.69, 9.17) is 11.6 Å². The Morgan fingerprint density at radius 2 is 1.33 bits per heavy atom. The Labute approximate surface area is 127 Å². The molecule has 106 valence electrons. The molecule has 2 aromatic carbocycles. The lowest BCUT2D eigenvalue weighted by Crippen LogP contribution is -2.13. The second-order valence-corrected chi connectivity index (χ2v) is 4.99. The minimum atomic E-state index is -0.409. The number of halogens is 1. The first kappa shape index (κ1) is 15.1. The third kappa shape index (κ3) is 4.10. The number of carbonyl (C=O) groups is 3. The second-order valence-electron chi connectivity index (χ2n) is 4.58. The normalized spacial score (nSPS) is 10.1. The molecule has 0 saturated carbocycles. The molecule has 2 aromatic rings. The van der Waals surface area contributed by atoms with E-state index in [1.54, 1.807) is 54.6 Å². The third-order valence-corrected chi connectivity index (χ3v) is 3.32. The van der Waals surface area contributed by atoms with Gasteiger partial charge in [-0.15, -0.1) is 0 Å². The Morgan fingerprint density at radius 1 is 0.762 bits per heavy atom. The van der Waals surface area contributed by atoms with Gasteiger partial charge in [0.05, 0.1) is 17.9 Å². The molecule has 0 aliphatic carbocycles. The van der Waals surface area contributed by atoms with Gasteiger partial charge in [-0.05, 0) is 12.1 Å². The van der Waals surface area contributed by atoms with Crippen molar-refractivity contribution in [2.45, 2.75) is 12.8 Å². The van der Waals surface area contributed by atoms with Gasteiger partial charge in [-0.25, -0.2) is 0 Å². The fraction of sp³-hybridized carbons (Fsp3) is 0.118. The molecule has 0 atom stereocenters. The number of hydrogen-bond acceptors (Lipinski definition) is 3. The zero-order valence-corrected chi connectivity index (χ0v) is 12.0. The van der Waals surface area contributed by atoms with E-state index in [1.165, 1.54) is 0 Å². The summed E-state index contributed by atoms with van der Waals surface area (Å²) in [5, 5.41) is 0.310. The number of rotatable bonds is 6. The maximum atomic E-state index is 12.0. The van der Waals surface area contributed by atoms with Crippen molar-refractivity contribution in [2.75, 3.05) is 0 Å². The molecule has 0 heterocycles. The van der Waals surface area contributed by atoms with Crippen molar-refractivity contribution in [1.82, 2.24) is 0 Å². The minimum absolute atomic E-state index is 0.278. The lowest BCUT2D eigenvalue weighted by atomic mass is 10.0. The summed E-state index contributed by atoms with van der Waals surface area (Å²) in [6, 6.07) is 15.1. The summed E-state index contributed by atoms with van der Waals surface area (Å²) in [4.78, 5) is 35.7. The molecule has 0 bridgehead atoms. The molecule has 0 amide bonds. The van der Waals surface area contributed by atoms with E-state index in [2.05, 4.69) is 0 Å². The van der Waals surface area contributed by atoms with E-state index in [-0.39, 0.29) is 24.4 Å². The van der Waals surface area contributed by atoms with Crippen LogP contribution in [0.25, 0.3) is 0 Å². The summed E-state index contributed by atoms with van der Waals surface area (Å²) in [7, 11) is 0. The Morgan fingerprint density at radius 3 is 2.00 bits per heavy atom. The first-order chi connectivity index (χ1) is 10.1. The highest BCUT2D eigenvalue weighted by Crippen LogP contribution is 2.17. The van der Waals surface area contributed by atoms with Crippen molar-refractivity contribution in [1.29, 1.82) is 0 Å². The number of hydrogen-bond donors (Lipinski definition) is 0. The zero-order valence-electron chi connectivity index (χ0n) is 11.2. The summed E-state index contributed by atoms with van der Waals surface area (Å²) in [5.41, 5.74) is 0.774. The van der Waals surface area contributed by atoms with Crippen LogP contribution in [-0.2, 0) is 4.79 Å². The number of ketones is 3. The molecule has 0 aliphatic rings. The molecular formula is C17H13ClO3. The molecule has 3 nitrogen and oxygen atoms in total. The van der Waals surface area contributed by atoms with Crippen LogP contribution in [0.2, 0.25) is 5.02 Å². The van der Waals surface area contributed by atoms with Crippen molar-refractivity contribution in [2.24, 2.45) is 0 Å². The molecule has 0 radical (unpaired) electrons. The van der Waals surface area contributed by atoms with Crippen LogP contribution < -0.4 is 0 Å². The molecule has 0 unspecified atom stereocenters. The van der Waals surface area contributed by atoms with Crippen molar-refractivity contribution in [3.63, 3.8) is 0 Å². The predicted molar refractivity (Wildman–Crippen MR) is 80.8 cm³/mol. The van der Waals surface area contributed by atoms with Gasteiger partial charge in [-0.3, -0.25) is 14.4 Å². The standard InChI is InChI=1S/C17H13ClO3/c18-15-9-5-4-8-14(15)17(21)11-13(19)10-16(20)12-6-2-1-3-7-12/h1-9H,10-11H2.